The molecule has 90 valence electrons. The largest absolute Gasteiger partial charge is 0.493 e. The van der Waals surface area contributed by atoms with E-state index >= 15 is 0 Å². The highest BCUT2D eigenvalue weighted by Gasteiger charge is 2.01. The molecular weight excluding hydrogens is 232 g/mol. The molecule has 1 heterocycles. The van der Waals surface area contributed by atoms with Gasteiger partial charge in [-0.2, -0.15) is 0 Å². The Bertz CT molecular complexity index is 432. The molecular formula is C14H16O2S. The van der Waals surface area contributed by atoms with Crippen LogP contribution in [0.4, 0.5) is 0 Å². The Morgan fingerprint density at radius 2 is 2.00 bits per heavy atom. The summed E-state index contributed by atoms with van der Waals surface area (Å²) in [5.74, 6) is 0.853. The van der Waals surface area contributed by atoms with E-state index in [-0.39, 0.29) is 0 Å². The maximum Gasteiger partial charge on any atom is 0.119 e. The molecule has 0 saturated carbocycles. The number of hydrogen-bond donors (Lipinski definition) is 1. The Kier molecular flexibility index (Phi) is 4.18. The Morgan fingerprint density at radius 3 is 2.59 bits per heavy atom. The molecule has 0 aliphatic heterocycles. The van der Waals surface area contributed by atoms with Crippen molar-refractivity contribution in [3.05, 3.63) is 52.2 Å². The molecule has 0 aliphatic rings. The number of ether oxygens (including phenoxy) is 1. The van der Waals surface area contributed by atoms with Crippen molar-refractivity contribution in [1.29, 1.82) is 0 Å². The zero-order valence-corrected chi connectivity index (χ0v) is 10.6. The SMILES string of the molecule is C[C@@H](O)c1ccc(OCCc2cccs2)cc1. The second kappa shape index (κ2) is 5.84. The van der Waals surface area contributed by atoms with Crippen LogP contribution in [-0.4, -0.2) is 11.7 Å². The lowest BCUT2D eigenvalue weighted by Crippen LogP contribution is -2.00. The molecule has 0 amide bonds. The van der Waals surface area contributed by atoms with Crippen LogP contribution in [-0.2, 0) is 6.42 Å². The molecule has 0 saturated heterocycles. The van der Waals surface area contributed by atoms with Crippen LogP contribution in [0.3, 0.4) is 0 Å². The Balaban J connectivity index is 1.83. The lowest BCUT2D eigenvalue weighted by atomic mass is 10.1. The van der Waals surface area contributed by atoms with Gasteiger partial charge in [-0.25, -0.2) is 0 Å². The highest BCUT2D eigenvalue weighted by molar-refractivity contribution is 7.09. The second-order valence-corrected chi connectivity index (χ2v) is 4.96. The van der Waals surface area contributed by atoms with Gasteiger partial charge in [0.15, 0.2) is 0 Å². The first-order chi connectivity index (χ1) is 8.25. The molecule has 0 radical (unpaired) electrons. The molecule has 3 heteroatoms. The van der Waals surface area contributed by atoms with E-state index in [9.17, 15) is 5.11 Å². The zero-order chi connectivity index (χ0) is 12.1. The summed E-state index contributed by atoms with van der Waals surface area (Å²) in [4.78, 5) is 1.34. The third-order valence-corrected chi connectivity index (χ3v) is 3.50. The quantitative estimate of drug-likeness (QED) is 0.878. The smallest absolute Gasteiger partial charge is 0.119 e. The average Bonchev–Trinajstić information content (AvgIpc) is 2.83. The molecule has 1 aromatic heterocycles. The minimum absolute atomic E-state index is 0.421. The number of aliphatic hydroxyl groups excluding tert-OH is 1. The van der Waals surface area contributed by atoms with Gasteiger partial charge in [0.2, 0.25) is 0 Å². The van der Waals surface area contributed by atoms with Crippen molar-refractivity contribution >= 4 is 11.3 Å². The summed E-state index contributed by atoms with van der Waals surface area (Å²) in [6, 6.07) is 11.8. The first-order valence-electron chi connectivity index (χ1n) is 5.69. The lowest BCUT2D eigenvalue weighted by molar-refractivity contribution is 0.199. The number of benzene rings is 1. The summed E-state index contributed by atoms with van der Waals surface area (Å²) < 4.78 is 5.64. The first kappa shape index (κ1) is 12.1. The van der Waals surface area contributed by atoms with Crippen molar-refractivity contribution < 1.29 is 9.84 Å². The fourth-order valence-electron chi connectivity index (χ4n) is 1.57. The van der Waals surface area contributed by atoms with Gasteiger partial charge in [0.1, 0.15) is 5.75 Å². The summed E-state index contributed by atoms with van der Waals surface area (Å²) in [5, 5.41) is 11.5. The molecule has 1 atom stereocenters. The molecule has 2 rings (SSSR count). The van der Waals surface area contributed by atoms with Crippen LogP contribution in [0, 0.1) is 0 Å². The molecule has 0 fully saturated rings. The van der Waals surface area contributed by atoms with Crippen LogP contribution in [0.2, 0.25) is 0 Å². The van der Waals surface area contributed by atoms with Gasteiger partial charge >= 0.3 is 0 Å². The Labute approximate surface area is 105 Å². The Morgan fingerprint density at radius 1 is 1.24 bits per heavy atom. The van der Waals surface area contributed by atoms with Gasteiger partial charge in [-0.15, -0.1) is 11.3 Å². The monoisotopic (exact) mass is 248 g/mol. The van der Waals surface area contributed by atoms with Crippen molar-refractivity contribution in [2.75, 3.05) is 6.61 Å². The van der Waals surface area contributed by atoms with Crippen LogP contribution in [0.15, 0.2) is 41.8 Å². The minimum atomic E-state index is -0.421. The predicted octanol–water partition coefficient (Wildman–Crippen LogP) is 3.42. The van der Waals surface area contributed by atoms with Crippen LogP contribution in [0.25, 0.3) is 0 Å². The third-order valence-electron chi connectivity index (χ3n) is 2.56. The van der Waals surface area contributed by atoms with Gasteiger partial charge in [-0.1, -0.05) is 18.2 Å². The van der Waals surface area contributed by atoms with E-state index in [1.165, 1.54) is 4.88 Å². The maximum atomic E-state index is 9.38. The normalized spacial score (nSPS) is 12.4. The van der Waals surface area contributed by atoms with Gasteiger partial charge < -0.3 is 9.84 Å². The predicted molar refractivity (Wildman–Crippen MR) is 70.6 cm³/mol. The molecule has 2 aromatic rings. The summed E-state index contributed by atoms with van der Waals surface area (Å²) in [6.07, 6.45) is 0.519. The highest BCUT2D eigenvalue weighted by Crippen LogP contribution is 2.17. The lowest BCUT2D eigenvalue weighted by Gasteiger charge is -2.08. The molecule has 1 aromatic carbocycles. The molecule has 0 aliphatic carbocycles. The summed E-state index contributed by atoms with van der Waals surface area (Å²) in [5.41, 5.74) is 0.913. The van der Waals surface area contributed by atoms with E-state index in [4.69, 9.17) is 4.74 Å². The first-order valence-corrected chi connectivity index (χ1v) is 6.57. The number of aliphatic hydroxyl groups is 1. The number of thiophene rings is 1. The molecule has 0 unspecified atom stereocenters. The van der Waals surface area contributed by atoms with Crippen molar-refractivity contribution in [2.45, 2.75) is 19.4 Å². The van der Waals surface area contributed by atoms with E-state index in [0.717, 1.165) is 17.7 Å². The fraction of sp³-hybridized carbons (Fsp3) is 0.286. The van der Waals surface area contributed by atoms with E-state index < -0.39 is 6.10 Å². The molecule has 0 bridgehead atoms. The summed E-state index contributed by atoms with van der Waals surface area (Å²) in [6.45, 7) is 2.45. The summed E-state index contributed by atoms with van der Waals surface area (Å²) >= 11 is 1.75. The molecule has 17 heavy (non-hydrogen) atoms. The van der Waals surface area contributed by atoms with Crippen LogP contribution < -0.4 is 4.74 Å². The van der Waals surface area contributed by atoms with E-state index in [2.05, 4.69) is 17.5 Å². The standard InChI is InChI=1S/C14H16O2S/c1-11(15)12-4-6-13(7-5-12)16-9-8-14-3-2-10-17-14/h2-7,10-11,15H,8-9H2,1H3/t11-/m1/s1. The molecule has 1 N–H and O–H groups in total. The van der Waals surface area contributed by atoms with Crippen molar-refractivity contribution in [1.82, 2.24) is 0 Å². The third kappa shape index (κ3) is 3.58. The molecule has 0 spiro atoms. The molecule has 2 nitrogen and oxygen atoms in total. The van der Waals surface area contributed by atoms with Crippen LogP contribution in [0.1, 0.15) is 23.5 Å². The Hall–Kier alpha value is -1.32. The van der Waals surface area contributed by atoms with Crippen LogP contribution in [0.5, 0.6) is 5.75 Å². The topological polar surface area (TPSA) is 29.5 Å². The maximum absolute atomic E-state index is 9.38. The van der Waals surface area contributed by atoms with Crippen LogP contribution >= 0.6 is 11.3 Å². The minimum Gasteiger partial charge on any atom is -0.493 e. The summed E-state index contributed by atoms with van der Waals surface area (Å²) in [7, 11) is 0. The van der Waals surface area contributed by atoms with E-state index in [1.807, 2.05) is 24.3 Å². The average molecular weight is 248 g/mol. The van der Waals surface area contributed by atoms with Gasteiger partial charge in [0.05, 0.1) is 12.7 Å². The van der Waals surface area contributed by atoms with Gasteiger partial charge in [0.25, 0.3) is 0 Å². The van der Waals surface area contributed by atoms with Crippen molar-refractivity contribution in [3.8, 4) is 5.75 Å². The highest BCUT2D eigenvalue weighted by atomic mass is 32.1. The van der Waals surface area contributed by atoms with Gasteiger partial charge in [-0.3, -0.25) is 0 Å². The fourth-order valence-corrected chi connectivity index (χ4v) is 2.26. The van der Waals surface area contributed by atoms with Crippen molar-refractivity contribution in [3.63, 3.8) is 0 Å². The van der Waals surface area contributed by atoms with E-state index in [0.29, 0.717) is 6.61 Å². The second-order valence-electron chi connectivity index (χ2n) is 3.92. The van der Waals surface area contributed by atoms with Gasteiger partial charge in [-0.05, 0) is 36.1 Å². The zero-order valence-electron chi connectivity index (χ0n) is 9.80. The van der Waals surface area contributed by atoms with Crippen molar-refractivity contribution in [2.24, 2.45) is 0 Å². The van der Waals surface area contributed by atoms with E-state index in [1.54, 1.807) is 18.3 Å². The number of rotatable bonds is 5. The number of hydrogen-bond acceptors (Lipinski definition) is 3. The van der Waals surface area contributed by atoms with Gasteiger partial charge in [0, 0.05) is 11.3 Å².